The molecule has 3 aromatic rings. The Balaban J connectivity index is 1.41. The van der Waals surface area contributed by atoms with Gasteiger partial charge in [0.2, 0.25) is 0 Å². The molecule has 1 fully saturated rings. The first-order valence-electron chi connectivity index (χ1n) is 12.5. The molecule has 180 valence electrons. The molecule has 4 heteroatoms. The van der Waals surface area contributed by atoms with E-state index in [0.29, 0.717) is 0 Å². The molecule has 3 aromatic carbocycles. The summed E-state index contributed by atoms with van der Waals surface area (Å²) in [4.78, 5) is 2.52. The van der Waals surface area contributed by atoms with Crippen LogP contribution in [0.5, 0.6) is 17.2 Å². The molecule has 0 aromatic heterocycles. The lowest BCUT2D eigenvalue weighted by atomic mass is 9.86. The second-order valence-corrected chi connectivity index (χ2v) is 9.82. The maximum Gasteiger partial charge on any atom is 0.150 e. The van der Waals surface area contributed by atoms with E-state index in [4.69, 9.17) is 4.74 Å². The number of ether oxygens (including phenoxy) is 1. The van der Waals surface area contributed by atoms with Gasteiger partial charge in [0.1, 0.15) is 23.4 Å². The number of phenols is 2. The van der Waals surface area contributed by atoms with Gasteiger partial charge in [0.05, 0.1) is 0 Å². The quantitative estimate of drug-likeness (QED) is 0.428. The van der Waals surface area contributed by atoms with Crippen molar-refractivity contribution >= 4 is 17.2 Å². The Bertz CT molecular complexity index is 1250. The van der Waals surface area contributed by atoms with Gasteiger partial charge in [0.15, 0.2) is 0 Å². The van der Waals surface area contributed by atoms with Crippen LogP contribution in [0.15, 0.2) is 72.8 Å². The van der Waals surface area contributed by atoms with E-state index in [1.54, 1.807) is 24.3 Å². The van der Waals surface area contributed by atoms with Crippen molar-refractivity contribution in [3.05, 3.63) is 95.1 Å². The van der Waals surface area contributed by atoms with Crippen molar-refractivity contribution in [1.29, 1.82) is 0 Å². The molecule has 4 nitrogen and oxygen atoms in total. The highest BCUT2D eigenvalue weighted by molar-refractivity contribution is 5.95. The highest BCUT2D eigenvalue weighted by Crippen LogP contribution is 2.47. The summed E-state index contributed by atoms with van der Waals surface area (Å²) in [5.74, 6) is 2.02. The average Bonchev–Trinajstić information content (AvgIpc) is 2.86. The van der Waals surface area contributed by atoms with Crippen molar-refractivity contribution in [2.45, 2.75) is 32.8 Å². The summed E-state index contributed by atoms with van der Waals surface area (Å²) in [6, 6.07) is 21.0. The number of hydrogen-bond acceptors (Lipinski definition) is 4. The molecular formula is C31H33NO3. The number of rotatable bonds is 5. The first kappa shape index (κ1) is 23.3. The van der Waals surface area contributed by atoms with Crippen molar-refractivity contribution in [2.24, 2.45) is 5.92 Å². The molecule has 2 aliphatic heterocycles. The molecule has 2 N–H and O–H groups in total. The van der Waals surface area contributed by atoms with Crippen molar-refractivity contribution < 1.29 is 14.9 Å². The molecule has 0 bridgehead atoms. The van der Waals surface area contributed by atoms with Gasteiger partial charge in [-0.25, -0.2) is 0 Å². The number of piperidine rings is 1. The Morgan fingerprint density at radius 1 is 0.943 bits per heavy atom. The zero-order chi connectivity index (χ0) is 24.4. The highest BCUT2D eigenvalue weighted by Gasteiger charge is 2.29. The van der Waals surface area contributed by atoms with Gasteiger partial charge in [-0.05, 0) is 91.4 Å². The van der Waals surface area contributed by atoms with E-state index in [2.05, 4.69) is 48.2 Å². The number of likely N-dealkylation sites (tertiary alicyclic amines) is 1. The van der Waals surface area contributed by atoms with Crippen LogP contribution in [0.4, 0.5) is 0 Å². The summed E-state index contributed by atoms with van der Waals surface area (Å²) in [7, 11) is 0. The second-order valence-electron chi connectivity index (χ2n) is 9.82. The lowest BCUT2D eigenvalue weighted by molar-refractivity contribution is 0.210. The standard InChI is InChI=1S/C31H33NO3/c1-21-14-17-32(18-15-21)16-4-5-23-8-10-24(11-9-23)31-30(25-6-3-7-26(33)19-25)22(2)28-20-27(34)12-13-29(28)35-31/h3-13,19-21,31,33-34H,14-18H2,1-2H3/b5-4+. The van der Waals surface area contributed by atoms with Crippen LogP contribution >= 0.6 is 0 Å². The van der Waals surface area contributed by atoms with E-state index in [9.17, 15) is 10.2 Å². The fourth-order valence-corrected chi connectivity index (χ4v) is 5.08. The first-order chi connectivity index (χ1) is 17.0. The first-order valence-corrected chi connectivity index (χ1v) is 12.5. The van der Waals surface area contributed by atoms with Crippen LogP contribution in [-0.4, -0.2) is 34.7 Å². The lowest BCUT2D eigenvalue weighted by Crippen LogP contribution is -2.32. The maximum absolute atomic E-state index is 10.1. The van der Waals surface area contributed by atoms with Gasteiger partial charge in [-0.15, -0.1) is 0 Å². The number of benzene rings is 3. The molecule has 0 saturated carbocycles. The molecule has 2 aliphatic rings. The molecule has 2 heterocycles. The van der Waals surface area contributed by atoms with Crippen LogP contribution in [-0.2, 0) is 0 Å². The van der Waals surface area contributed by atoms with Crippen LogP contribution in [0.3, 0.4) is 0 Å². The van der Waals surface area contributed by atoms with E-state index < -0.39 is 0 Å². The number of allylic oxidation sites excluding steroid dienone is 1. The fourth-order valence-electron chi connectivity index (χ4n) is 5.08. The smallest absolute Gasteiger partial charge is 0.150 e. The molecule has 0 amide bonds. The third-order valence-corrected chi connectivity index (χ3v) is 7.22. The Kier molecular flexibility index (Phi) is 6.65. The monoisotopic (exact) mass is 467 g/mol. The van der Waals surface area contributed by atoms with E-state index in [0.717, 1.165) is 46.0 Å². The van der Waals surface area contributed by atoms with Crippen LogP contribution in [0, 0.1) is 5.92 Å². The number of aromatic hydroxyl groups is 2. The average molecular weight is 468 g/mol. The maximum atomic E-state index is 10.1. The zero-order valence-electron chi connectivity index (χ0n) is 20.4. The van der Waals surface area contributed by atoms with Crippen molar-refractivity contribution in [1.82, 2.24) is 4.90 Å². The van der Waals surface area contributed by atoms with Crippen LogP contribution in [0.1, 0.15) is 55.0 Å². The highest BCUT2D eigenvalue weighted by atomic mass is 16.5. The Labute approximate surface area is 207 Å². The molecular weight excluding hydrogens is 434 g/mol. The Morgan fingerprint density at radius 2 is 1.69 bits per heavy atom. The number of nitrogens with zero attached hydrogens (tertiary/aromatic N) is 1. The zero-order valence-corrected chi connectivity index (χ0v) is 20.4. The number of phenolic OH excluding ortho intramolecular Hbond substituents is 2. The third kappa shape index (κ3) is 5.13. The van der Waals surface area contributed by atoms with Crippen LogP contribution in [0.2, 0.25) is 0 Å². The van der Waals surface area contributed by atoms with E-state index in [1.807, 2.05) is 25.1 Å². The van der Waals surface area contributed by atoms with E-state index in [1.165, 1.54) is 31.5 Å². The van der Waals surface area contributed by atoms with Gasteiger partial charge >= 0.3 is 0 Å². The number of fused-ring (bicyclic) bond motifs is 1. The molecule has 0 radical (unpaired) electrons. The van der Waals surface area contributed by atoms with Gasteiger partial charge in [-0.2, -0.15) is 0 Å². The van der Waals surface area contributed by atoms with Gasteiger partial charge in [0.25, 0.3) is 0 Å². The third-order valence-electron chi connectivity index (χ3n) is 7.22. The number of hydrogen-bond donors (Lipinski definition) is 2. The minimum absolute atomic E-state index is 0.204. The summed E-state index contributed by atoms with van der Waals surface area (Å²) < 4.78 is 6.48. The van der Waals surface area contributed by atoms with Gasteiger partial charge in [0, 0.05) is 17.7 Å². The molecule has 1 unspecified atom stereocenters. The van der Waals surface area contributed by atoms with E-state index >= 15 is 0 Å². The Hall–Kier alpha value is -3.50. The van der Waals surface area contributed by atoms with Gasteiger partial charge in [-0.3, -0.25) is 4.90 Å². The minimum atomic E-state index is -0.317. The largest absolute Gasteiger partial charge is 0.508 e. The van der Waals surface area contributed by atoms with Gasteiger partial charge in [-0.1, -0.05) is 55.5 Å². The molecule has 5 rings (SSSR count). The molecule has 1 atom stereocenters. The summed E-state index contributed by atoms with van der Waals surface area (Å²) in [6.45, 7) is 7.76. The predicted octanol–water partition coefficient (Wildman–Crippen LogP) is 6.91. The molecule has 0 spiro atoms. The molecule has 35 heavy (non-hydrogen) atoms. The lowest BCUT2D eigenvalue weighted by Gasteiger charge is -2.31. The molecule has 0 aliphatic carbocycles. The van der Waals surface area contributed by atoms with Crippen molar-refractivity contribution in [2.75, 3.05) is 19.6 Å². The van der Waals surface area contributed by atoms with Crippen LogP contribution in [0.25, 0.3) is 17.2 Å². The normalized spacial score (nSPS) is 19.1. The summed E-state index contributed by atoms with van der Waals surface area (Å²) in [6.07, 6.45) is 6.72. The minimum Gasteiger partial charge on any atom is -0.508 e. The Morgan fingerprint density at radius 3 is 2.43 bits per heavy atom. The fraction of sp³-hybridized carbons (Fsp3) is 0.290. The van der Waals surface area contributed by atoms with Crippen molar-refractivity contribution in [3.63, 3.8) is 0 Å². The SMILES string of the molecule is CC1=C(c2cccc(O)c2)C(c2ccc(/C=C/CN3CCC(C)CC3)cc2)Oc2ccc(O)cc21. The predicted molar refractivity (Wildman–Crippen MR) is 142 cm³/mol. The van der Waals surface area contributed by atoms with Gasteiger partial charge < -0.3 is 14.9 Å². The second kappa shape index (κ2) is 10.0. The van der Waals surface area contributed by atoms with Crippen molar-refractivity contribution in [3.8, 4) is 17.2 Å². The topological polar surface area (TPSA) is 52.9 Å². The van der Waals surface area contributed by atoms with E-state index in [-0.39, 0.29) is 17.6 Å². The summed E-state index contributed by atoms with van der Waals surface area (Å²) >= 11 is 0. The molecule has 1 saturated heterocycles. The summed E-state index contributed by atoms with van der Waals surface area (Å²) in [5, 5.41) is 20.2. The van der Waals surface area contributed by atoms with Crippen LogP contribution < -0.4 is 4.74 Å². The summed E-state index contributed by atoms with van der Waals surface area (Å²) in [5.41, 5.74) is 6.00.